The summed E-state index contributed by atoms with van der Waals surface area (Å²) in [5, 5.41) is 3.19. The third kappa shape index (κ3) is 0.864. The molecule has 0 aromatic heterocycles. The lowest BCUT2D eigenvalue weighted by atomic mass is 9.97. The van der Waals surface area contributed by atoms with Gasteiger partial charge in [0.1, 0.15) is 0 Å². The maximum atomic E-state index is 5.58. The normalized spacial score (nSPS) is 47.5. The standard InChI is InChI=1S/C8H13NO3/c1-7(2-9-1)8-10-3-6(4-11-8)5-12-8/h6-7,9H,1-5H2. The molecule has 4 aliphatic rings. The van der Waals surface area contributed by atoms with E-state index in [1.807, 2.05) is 0 Å². The predicted molar refractivity (Wildman–Crippen MR) is 40.4 cm³/mol. The van der Waals surface area contributed by atoms with Crippen molar-refractivity contribution >= 4 is 0 Å². The van der Waals surface area contributed by atoms with Crippen LogP contribution in [0.4, 0.5) is 0 Å². The van der Waals surface area contributed by atoms with Crippen LogP contribution in [0, 0.1) is 11.8 Å². The average Bonchev–Trinajstić information content (AvgIpc) is 2.03. The lowest BCUT2D eigenvalue weighted by Crippen LogP contribution is -2.65. The van der Waals surface area contributed by atoms with Gasteiger partial charge < -0.3 is 19.5 Å². The molecule has 12 heavy (non-hydrogen) atoms. The van der Waals surface area contributed by atoms with Gasteiger partial charge in [0.2, 0.25) is 0 Å². The molecule has 4 nitrogen and oxygen atoms in total. The molecule has 4 aliphatic heterocycles. The fourth-order valence-corrected chi connectivity index (χ4v) is 1.86. The van der Waals surface area contributed by atoms with E-state index in [0.29, 0.717) is 11.8 Å². The van der Waals surface area contributed by atoms with Gasteiger partial charge in [-0.1, -0.05) is 0 Å². The van der Waals surface area contributed by atoms with Gasteiger partial charge in [-0.15, -0.1) is 0 Å². The van der Waals surface area contributed by atoms with Crippen molar-refractivity contribution in [2.45, 2.75) is 5.97 Å². The highest BCUT2D eigenvalue weighted by Crippen LogP contribution is 2.37. The fourth-order valence-electron chi connectivity index (χ4n) is 1.86. The summed E-state index contributed by atoms with van der Waals surface area (Å²) in [5.41, 5.74) is 0. The summed E-state index contributed by atoms with van der Waals surface area (Å²) in [5.74, 6) is 0.165. The second-order valence-electron chi connectivity index (χ2n) is 3.76. The van der Waals surface area contributed by atoms with E-state index in [2.05, 4.69) is 5.32 Å². The highest BCUT2D eigenvalue weighted by molar-refractivity contribution is 4.88. The minimum absolute atomic E-state index is 0.388. The highest BCUT2D eigenvalue weighted by atomic mass is 16.9. The van der Waals surface area contributed by atoms with Gasteiger partial charge in [0.25, 0.3) is 5.97 Å². The van der Waals surface area contributed by atoms with Gasteiger partial charge in [-0.05, 0) is 0 Å². The molecule has 2 bridgehead atoms. The third-order valence-electron chi connectivity index (χ3n) is 2.84. The number of nitrogens with one attached hydrogen (secondary N) is 1. The molecule has 0 amide bonds. The van der Waals surface area contributed by atoms with Crippen molar-refractivity contribution in [2.24, 2.45) is 11.8 Å². The largest absolute Gasteiger partial charge is 0.327 e. The van der Waals surface area contributed by atoms with E-state index in [4.69, 9.17) is 14.2 Å². The van der Waals surface area contributed by atoms with Crippen molar-refractivity contribution in [1.29, 1.82) is 0 Å². The molecule has 68 valence electrons. The molecular weight excluding hydrogens is 158 g/mol. The Morgan fingerprint density at radius 3 is 2.00 bits per heavy atom. The van der Waals surface area contributed by atoms with Gasteiger partial charge in [0, 0.05) is 19.0 Å². The molecule has 4 heterocycles. The summed E-state index contributed by atoms with van der Waals surface area (Å²) < 4.78 is 16.8. The van der Waals surface area contributed by atoms with Crippen molar-refractivity contribution < 1.29 is 14.2 Å². The number of hydrogen-bond acceptors (Lipinski definition) is 4. The topological polar surface area (TPSA) is 39.7 Å². The zero-order chi connectivity index (χ0) is 8.02. The maximum Gasteiger partial charge on any atom is 0.288 e. The van der Waals surface area contributed by atoms with E-state index in [-0.39, 0.29) is 0 Å². The summed E-state index contributed by atoms with van der Waals surface area (Å²) in [6.07, 6.45) is 0. The van der Waals surface area contributed by atoms with Crippen LogP contribution in [0.1, 0.15) is 0 Å². The molecule has 1 N–H and O–H groups in total. The van der Waals surface area contributed by atoms with Gasteiger partial charge in [-0.2, -0.15) is 0 Å². The minimum atomic E-state index is -0.681. The molecule has 4 rings (SSSR count). The minimum Gasteiger partial charge on any atom is -0.327 e. The first kappa shape index (κ1) is 7.26. The van der Waals surface area contributed by atoms with E-state index in [0.717, 1.165) is 32.9 Å². The Kier molecular flexibility index (Phi) is 1.46. The van der Waals surface area contributed by atoms with E-state index < -0.39 is 5.97 Å². The van der Waals surface area contributed by atoms with Crippen LogP contribution in [0.25, 0.3) is 0 Å². The summed E-state index contributed by atoms with van der Waals surface area (Å²) >= 11 is 0. The number of rotatable bonds is 1. The molecule has 0 unspecified atom stereocenters. The summed E-state index contributed by atoms with van der Waals surface area (Å²) in [7, 11) is 0. The van der Waals surface area contributed by atoms with Crippen molar-refractivity contribution in [3.63, 3.8) is 0 Å². The van der Waals surface area contributed by atoms with Gasteiger partial charge in [0.05, 0.1) is 25.7 Å². The van der Waals surface area contributed by atoms with Crippen molar-refractivity contribution in [3.05, 3.63) is 0 Å². The Balaban J connectivity index is 1.78. The average molecular weight is 171 g/mol. The molecule has 0 aromatic rings. The first-order valence-electron chi connectivity index (χ1n) is 4.52. The first-order valence-corrected chi connectivity index (χ1v) is 4.52. The summed E-state index contributed by atoms with van der Waals surface area (Å²) in [4.78, 5) is 0. The molecule has 4 saturated heterocycles. The fraction of sp³-hybridized carbons (Fsp3) is 1.00. The third-order valence-corrected chi connectivity index (χ3v) is 2.84. The molecule has 0 radical (unpaired) electrons. The molecule has 0 spiro atoms. The molecule has 0 aromatic carbocycles. The first-order chi connectivity index (χ1) is 5.89. The number of hydrogen-bond donors (Lipinski definition) is 1. The lowest BCUT2D eigenvalue weighted by molar-refractivity contribution is -0.470. The van der Waals surface area contributed by atoms with Crippen LogP contribution in [0.5, 0.6) is 0 Å². The zero-order valence-corrected chi connectivity index (χ0v) is 6.91. The van der Waals surface area contributed by atoms with E-state index in [1.165, 1.54) is 0 Å². The van der Waals surface area contributed by atoms with E-state index in [9.17, 15) is 0 Å². The van der Waals surface area contributed by atoms with Crippen LogP contribution in [0.3, 0.4) is 0 Å². The SMILES string of the molecule is C1OC2(C3CNC3)OCC1CO2. The van der Waals surface area contributed by atoms with Crippen LogP contribution in [0.2, 0.25) is 0 Å². The Hall–Kier alpha value is -0.160. The van der Waals surface area contributed by atoms with Gasteiger partial charge in [-0.25, -0.2) is 0 Å². The van der Waals surface area contributed by atoms with Crippen LogP contribution in [0.15, 0.2) is 0 Å². The van der Waals surface area contributed by atoms with Crippen LogP contribution >= 0.6 is 0 Å². The second-order valence-corrected chi connectivity index (χ2v) is 3.76. The van der Waals surface area contributed by atoms with Crippen LogP contribution < -0.4 is 5.32 Å². The summed E-state index contributed by atoms with van der Waals surface area (Å²) in [6.45, 7) is 4.30. The molecule has 4 fully saturated rings. The zero-order valence-electron chi connectivity index (χ0n) is 6.91. The second kappa shape index (κ2) is 2.42. The Bertz CT molecular complexity index is 171. The van der Waals surface area contributed by atoms with Crippen molar-refractivity contribution in [1.82, 2.24) is 5.32 Å². The molecule has 4 heteroatoms. The lowest BCUT2D eigenvalue weighted by Gasteiger charge is -2.51. The van der Waals surface area contributed by atoms with Crippen molar-refractivity contribution in [2.75, 3.05) is 32.9 Å². The Labute approximate surface area is 71.2 Å². The quantitative estimate of drug-likeness (QED) is 0.580. The molecule has 0 saturated carbocycles. The van der Waals surface area contributed by atoms with E-state index >= 15 is 0 Å². The Morgan fingerprint density at radius 1 is 1.00 bits per heavy atom. The Morgan fingerprint density at radius 2 is 1.58 bits per heavy atom. The molecule has 0 atom stereocenters. The van der Waals surface area contributed by atoms with Crippen molar-refractivity contribution in [3.8, 4) is 0 Å². The smallest absolute Gasteiger partial charge is 0.288 e. The molecular formula is C8H13NO3. The van der Waals surface area contributed by atoms with Gasteiger partial charge in [0.15, 0.2) is 0 Å². The van der Waals surface area contributed by atoms with Gasteiger partial charge in [-0.3, -0.25) is 0 Å². The van der Waals surface area contributed by atoms with Gasteiger partial charge >= 0.3 is 0 Å². The highest BCUT2D eigenvalue weighted by Gasteiger charge is 2.52. The number of fused-ring (bicyclic) bond motifs is 3. The predicted octanol–water partition coefficient (Wildman–Crippen LogP) is -0.447. The maximum absolute atomic E-state index is 5.58. The van der Waals surface area contributed by atoms with Crippen LogP contribution in [-0.2, 0) is 14.2 Å². The summed E-state index contributed by atoms with van der Waals surface area (Å²) in [6, 6.07) is 0. The number of ether oxygens (including phenoxy) is 3. The molecule has 0 aliphatic carbocycles. The monoisotopic (exact) mass is 171 g/mol. The van der Waals surface area contributed by atoms with E-state index in [1.54, 1.807) is 0 Å². The van der Waals surface area contributed by atoms with Crippen LogP contribution in [-0.4, -0.2) is 38.9 Å².